The fraction of sp³-hybridized carbons (Fsp3) is 0.214. The van der Waals surface area contributed by atoms with Crippen LogP contribution in [0.3, 0.4) is 0 Å². The number of hydrogen-bond donors (Lipinski definition) is 0. The van der Waals surface area contributed by atoms with E-state index < -0.39 is 0 Å². The highest BCUT2D eigenvalue weighted by atomic mass is 16.1. The SMILES string of the molecule is C#CCCCn1ccc(=O)c2ccccc21. The molecule has 0 amide bonds. The van der Waals surface area contributed by atoms with Gasteiger partial charge in [-0.1, -0.05) is 12.1 Å². The first-order valence-electron chi connectivity index (χ1n) is 5.34. The Hall–Kier alpha value is -2.01. The maximum atomic E-state index is 11.6. The maximum absolute atomic E-state index is 11.6. The van der Waals surface area contributed by atoms with Gasteiger partial charge in [-0.05, 0) is 18.6 Å². The second-order valence-electron chi connectivity index (χ2n) is 3.70. The second kappa shape index (κ2) is 4.67. The molecule has 0 N–H and O–H groups in total. The van der Waals surface area contributed by atoms with Crippen LogP contribution in [-0.4, -0.2) is 4.57 Å². The van der Waals surface area contributed by atoms with Gasteiger partial charge >= 0.3 is 0 Å². The third-order valence-corrected chi connectivity index (χ3v) is 2.60. The zero-order valence-corrected chi connectivity index (χ0v) is 9.02. The number of hydrogen-bond acceptors (Lipinski definition) is 1. The quantitative estimate of drug-likeness (QED) is 0.564. The number of pyridine rings is 1. The number of aryl methyl sites for hydroxylation is 1. The van der Waals surface area contributed by atoms with Gasteiger partial charge in [0.25, 0.3) is 0 Å². The number of terminal acetylenes is 1. The summed E-state index contributed by atoms with van der Waals surface area (Å²) in [6.45, 7) is 0.852. The molecule has 2 aromatic rings. The van der Waals surface area contributed by atoms with Crippen molar-refractivity contribution in [2.45, 2.75) is 19.4 Å². The van der Waals surface area contributed by atoms with E-state index >= 15 is 0 Å². The van der Waals surface area contributed by atoms with Crippen LogP contribution < -0.4 is 5.43 Å². The van der Waals surface area contributed by atoms with E-state index in [2.05, 4.69) is 10.5 Å². The minimum absolute atomic E-state index is 0.0730. The first-order chi connectivity index (χ1) is 7.83. The zero-order chi connectivity index (χ0) is 11.4. The van der Waals surface area contributed by atoms with Crippen LogP contribution in [-0.2, 0) is 6.54 Å². The monoisotopic (exact) mass is 211 g/mol. The smallest absolute Gasteiger partial charge is 0.189 e. The van der Waals surface area contributed by atoms with Gasteiger partial charge in [-0.2, -0.15) is 0 Å². The molecule has 16 heavy (non-hydrogen) atoms. The molecule has 1 heterocycles. The minimum atomic E-state index is 0.0730. The van der Waals surface area contributed by atoms with Crippen LogP contribution in [0.15, 0.2) is 41.3 Å². The maximum Gasteiger partial charge on any atom is 0.189 e. The van der Waals surface area contributed by atoms with Crippen LogP contribution in [0.2, 0.25) is 0 Å². The van der Waals surface area contributed by atoms with Crippen LogP contribution in [0.5, 0.6) is 0 Å². The van der Waals surface area contributed by atoms with Crippen molar-refractivity contribution in [2.75, 3.05) is 0 Å². The highest BCUT2D eigenvalue weighted by Crippen LogP contribution is 2.10. The van der Waals surface area contributed by atoms with Crippen molar-refractivity contribution in [1.82, 2.24) is 4.57 Å². The van der Waals surface area contributed by atoms with E-state index in [1.807, 2.05) is 30.5 Å². The lowest BCUT2D eigenvalue weighted by molar-refractivity contribution is 0.672. The summed E-state index contributed by atoms with van der Waals surface area (Å²) in [5, 5.41) is 0.769. The van der Waals surface area contributed by atoms with Gasteiger partial charge in [0.15, 0.2) is 5.43 Å². The van der Waals surface area contributed by atoms with Gasteiger partial charge in [-0.25, -0.2) is 0 Å². The van der Waals surface area contributed by atoms with E-state index in [-0.39, 0.29) is 5.43 Å². The Morgan fingerprint density at radius 2 is 2.06 bits per heavy atom. The van der Waals surface area contributed by atoms with Crippen LogP contribution >= 0.6 is 0 Å². The van der Waals surface area contributed by atoms with Crippen molar-refractivity contribution >= 4 is 10.9 Å². The molecule has 1 aromatic carbocycles. The average molecular weight is 211 g/mol. The number of rotatable bonds is 3. The molecule has 0 aliphatic heterocycles. The van der Waals surface area contributed by atoms with Crippen LogP contribution in [0.1, 0.15) is 12.8 Å². The fourth-order valence-corrected chi connectivity index (χ4v) is 1.81. The number of nitrogens with zero attached hydrogens (tertiary/aromatic N) is 1. The molecule has 0 bridgehead atoms. The molecule has 80 valence electrons. The van der Waals surface area contributed by atoms with Crippen LogP contribution in [0, 0.1) is 12.3 Å². The summed E-state index contributed by atoms with van der Waals surface area (Å²) in [4.78, 5) is 11.6. The summed E-state index contributed by atoms with van der Waals surface area (Å²) in [6.07, 6.45) is 8.75. The van der Waals surface area contributed by atoms with E-state index in [0.29, 0.717) is 0 Å². The number of aromatic nitrogens is 1. The lowest BCUT2D eigenvalue weighted by atomic mass is 10.2. The van der Waals surface area contributed by atoms with Crippen molar-refractivity contribution in [2.24, 2.45) is 0 Å². The molecule has 0 aliphatic rings. The normalized spacial score (nSPS) is 10.2. The standard InChI is InChI=1S/C14H13NO/c1-2-3-6-10-15-11-9-14(16)12-7-4-5-8-13(12)15/h1,4-5,7-9,11H,3,6,10H2. The van der Waals surface area contributed by atoms with Gasteiger partial charge in [-0.3, -0.25) is 4.79 Å². The van der Waals surface area contributed by atoms with Gasteiger partial charge in [0.05, 0.1) is 5.52 Å². The molecule has 1 aromatic heterocycles. The third-order valence-electron chi connectivity index (χ3n) is 2.60. The molecule has 0 radical (unpaired) electrons. The lowest BCUT2D eigenvalue weighted by Crippen LogP contribution is -2.07. The van der Waals surface area contributed by atoms with Crippen molar-refractivity contribution in [3.05, 3.63) is 46.8 Å². The predicted octanol–water partition coefficient (Wildman–Crippen LogP) is 2.41. The third kappa shape index (κ3) is 1.99. The van der Waals surface area contributed by atoms with E-state index in [0.717, 1.165) is 30.3 Å². The molecule has 0 aliphatic carbocycles. The highest BCUT2D eigenvalue weighted by molar-refractivity contribution is 5.78. The molecule has 0 spiro atoms. The Morgan fingerprint density at radius 1 is 1.25 bits per heavy atom. The molecule has 0 saturated carbocycles. The first kappa shape index (κ1) is 10.5. The van der Waals surface area contributed by atoms with Crippen LogP contribution in [0.4, 0.5) is 0 Å². The number of fused-ring (bicyclic) bond motifs is 1. The lowest BCUT2D eigenvalue weighted by Gasteiger charge is -2.09. The topological polar surface area (TPSA) is 22.0 Å². The Morgan fingerprint density at radius 3 is 2.88 bits per heavy atom. The van der Waals surface area contributed by atoms with Gasteiger partial charge in [0, 0.05) is 30.6 Å². The summed E-state index contributed by atoms with van der Waals surface area (Å²) < 4.78 is 2.08. The van der Waals surface area contributed by atoms with Crippen molar-refractivity contribution in [1.29, 1.82) is 0 Å². The van der Waals surface area contributed by atoms with Gasteiger partial charge in [0.1, 0.15) is 0 Å². The molecular weight excluding hydrogens is 198 g/mol. The molecule has 2 rings (SSSR count). The number of benzene rings is 1. The Bertz CT molecular complexity index is 589. The fourth-order valence-electron chi connectivity index (χ4n) is 1.81. The molecule has 0 atom stereocenters. The summed E-state index contributed by atoms with van der Waals surface area (Å²) >= 11 is 0. The molecule has 2 heteroatoms. The summed E-state index contributed by atoms with van der Waals surface area (Å²) in [7, 11) is 0. The number of unbranched alkanes of at least 4 members (excludes halogenated alkanes) is 1. The first-order valence-corrected chi connectivity index (χ1v) is 5.34. The molecule has 2 nitrogen and oxygen atoms in total. The van der Waals surface area contributed by atoms with Crippen molar-refractivity contribution in [3.63, 3.8) is 0 Å². The predicted molar refractivity (Wildman–Crippen MR) is 66.3 cm³/mol. The van der Waals surface area contributed by atoms with Gasteiger partial charge in [-0.15, -0.1) is 12.3 Å². The number of para-hydroxylation sites is 1. The van der Waals surface area contributed by atoms with E-state index in [1.54, 1.807) is 6.07 Å². The highest BCUT2D eigenvalue weighted by Gasteiger charge is 2.00. The molecule has 0 unspecified atom stereocenters. The van der Waals surface area contributed by atoms with E-state index in [9.17, 15) is 4.79 Å². The van der Waals surface area contributed by atoms with Crippen molar-refractivity contribution in [3.8, 4) is 12.3 Å². The molecule has 0 fully saturated rings. The van der Waals surface area contributed by atoms with E-state index in [4.69, 9.17) is 6.42 Å². The molecule has 0 saturated heterocycles. The second-order valence-corrected chi connectivity index (χ2v) is 3.70. The molecular formula is C14H13NO. The Labute approximate surface area is 94.5 Å². The van der Waals surface area contributed by atoms with Crippen LogP contribution in [0.25, 0.3) is 10.9 Å². The summed E-state index contributed by atoms with van der Waals surface area (Å²) in [5.74, 6) is 2.62. The van der Waals surface area contributed by atoms with E-state index in [1.165, 1.54) is 0 Å². The Balaban J connectivity index is 2.43. The van der Waals surface area contributed by atoms with Gasteiger partial charge < -0.3 is 4.57 Å². The summed E-state index contributed by atoms with van der Waals surface area (Å²) in [6, 6.07) is 9.26. The van der Waals surface area contributed by atoms with Gasteiger partial charge in [0.2, 0.25) is 0 Å². The average Bonchev–Trinajstić information content (AvgIpc) is 2.33. The van der Waals surface area contributed by atoms with Crippen molar-refractivity contribution < 1.29 is 0 Å². The minimum Gasteiger partial charge on any atom is -0.347 e. The summed E-state index contributed by atoms with van der Waals surface area (Å²) in [5.41, 5.74) is 1.05. The largest absolute Gasteiger partial charge is 0.347 e. The zero-order valence-electron chi connectivity index (χ0n) is 9.02. The Kier molecular flexibility index (Phi) is 3.07.